The Bertz CT molecular complexity index is 930. The van der Waals surface area contributed by atoms with Gasteiger partial charge in [0.05, 0.1) is 12.7 Å². The average molecular weight is 351 g/mol. The van der Waals surface area contributed by atoms with Crippen LogP contribution >= 0.6 is 0 Å². The van der Waals surface area contributed by atoms with Crippen LogP contribution in [0.5, 0.6) is 0 Å². The van der Waals surface area contributed by atoms with Gasteiger partial charge in [0.2, 0.25) is 5.89 Å². The fourth-order valence-corrected chi connectivity index (χ4v) is 2.41. The number of oxazole rings is 1. The molecular formula is C20H17NO5. The highest BCUT2D eigenvalue weighted by Crippen LogP contribution is 2.22. The SMILES string of the molecule is COC(=O)c1cccc(COC(=O)c2nc(-c3ccccc3)oc2C)c1. The maximum Gasteiger partial charge on any atom is 0.360 e. The van der Waals surface area contributed by atoms with E-state index in [0.717, 1.165) is 5.56 Å². The van der Waals surface area contributed by atoms with E-state index >= 15 is 0 Å². The number of carbonyl (C=O) groups is 2. The third-order valence-electron chi connectivity index (χ3n) is 3.73. The molecule has 6 nitrogen and oxygen atoms in total. The fraction of sp³-hybridized carbons (Fsp3) is 0.150. The second kappa shape index (κ2) is 7.65. The van der Waals surface area contributed by atoms with Crippen LogP contribution in [0.3, 0.4) is 0 Å². The third kappa shape index (κ3) is 3.80. The maximum absolute atomic E-state index is 12.3. The molecule has 26 heavy (non-hydrogen) atoms. The van der Waals surface area contributed by atoms with E-state index in [4.69, 9.17) is 9.15 Å². The number of methoxy groups -OCH3 is 1. The van der Waals surface area contributed by atoms with Gasteiger partial charge in [-0.05, 0) is 36.8 Å². The van der Waals surface area contributed by atoms with E-state index < -0.39 is 11.9 Å². The highest BCUT2D eigenvalue weighted by atomic mass is 16.5. The van der Waals surface area contributed by atoms with Crippen LogP contribution in [0.2, 0.25) is 0 Å². The van der Waals surface area contributed by atoms with Gasteiger partial charge in [0.15, 0.2) is 5.69 Å². The number of benzene rings is 2. The van der Waals surface area contributed by atoms with Crippen molar-refractivity contribution >= 4 is 11.9 Å². The lowest BCUT2D eigenvalue weighted by atomic mass is 10.1. The first kappa shape index (κ1) is 17.4. The van der Waals surface area contributed by atoms with Crippen LogP contribution in [0.1, 0.15) is 32.2 Å². The Morgan fingerprint density at radius 3 is 2.54 bits per heavy atom. The molecular weight excluding hydrogens is 334 g/mol. The summed E-state index contributed by atoms with van der Waals surface area (Å²) in [6.45, 7) is 1.67. The molecule has 2 aromatic carbocycles. The van der Waals surface area contributed by atoms with E-state index in [1.54, 1.807) is 31.2 Å². The molecule has 0 amide bonds. The average Bonchev–Trinajstić information content (AvgIpc) is 3.08. The van der Waals surface area contributed by atoms with E-state index in [2.05, 4.69) is 9.72 Å². The Morgan fingerprint density at radius 2 is 1.81 bits per heavy atom. The molecule has 0 atom stereocenters. The molecule has 0 fully saturated rings. The molecule has 0 unspecified atom stereocenters. The summed E-state index contributed by atoms with van der Waals surface area (Å²) in [5.41, 5.74) is 1.98. The van der Waals surface area contributed by atoms with Crippen molar-refractivity contribution in [2.75, 3.05) is 7.11 Å². The first-order chi connectivity index (χ1) is 12.6. The lowest BCUT2D eigenvalue weighted by molar-refractivity contribution is 0.0464. The molecule has 1 aromatic heterocycles. The Balaban J connectivity index is 1.71. The van der Waals surface area contributed by atoms with Gasteiger partial charge < -0.3 is 13.9 Å². The second-order valence-electron chi connectivity index (χ2n) is 5.56. The highest BCUT2D eigenvalue weighted by molar-refractivity contribution is 5.90. The largest absolute Gasteiger partial charge is 0.465 e. The standard InChI is InChI=1S/C20H17NO5/c1-13-17(21-18(26-13)15-8-4-3-5-9-15)20(23)25-12-14-7-6-10-16(11-14)19(22)24-2/h3-11H,12H2,1-2H3. The summed E-state index contributed by atoms with van der Waals surface area (Å²) in [4.78, 5) is 28.1. The van der Waals surface area contributed by atoms with Crippen LogP contribution in [-0.2, 0) is 16.1 Å². The van der Waals surface area contributed by atoms with E-state index in [-0.39, 0.29) is 12.3 Å². The van der Waals surface area contributed by atoms with Crippen molar-refractivity contribution in [1.82, 2.24) is 4.98 Å². The van der Waals surface area contributed by atoms with Gasteiger partial charge in [-0.2, -0.15) is 0 Å². The topological polar surface area (TPSA) is 78.6 Å². The Morgan fingerprint density at radius 1 is 1.04 bits per heavy atom. The summed E-state index contributed by atoms with van der Waals surface area (Å²) in [5.74, 6) is -0.283. The van der Waals surface area contributed by atoms with Crippen LogP contribution in [0.15, 0.2) is 59.0 Å². The normalized spacial score (nSPS) is 10.4. The molecule has 0 bridgehead atoms. The van der Waals surface area contributed by atoms with E-state index in [1.807, 2.05) is 30.3 Å². The van der Waals surface area contributed by atoms with E-state index in [0.29, 0.717) is 22.8 Å². The number of rotatable bonds is 5. The minimum atomic E-state index is -0.586. The number of carbonyl (C=O) groups excluding carboxylic acids is 2. The molecule has 0 saturated carbocycles. The minimum absolute atomic E-state index is 0.0106. The molecule has 0 saturated heterocycles. The zero-order chi connectivity index (χ0) is 18.5. The molecule has 0 aliphatic carbocycles. The summed E-state index contributed by atoms with van der Waals surface area (Å²) in [7, 11) is 1.31. The molecule has 0 N–H and O–H groups in total. The van der Waals surface area contributed by atoms with Gasteiger partial charge in [-0.15, -0.1) is 0 Å². The van der Waals surface area contributed by atoms with E-state index in [1.165, 1.54) is 7.11 Å². The summed E-state index contributed by atoms with van der Waals surface area (Å²) >= 11 is 0. The molecule has 0 spiro atoms. The molecule has 3 aromatic rings. The number of esters is 2. The monoisotopic (exact) mass is 351 g/mol. The van der Waals surface area contributed by atoms with Crippen LogP contribution < -0.4 is 0 Å². The molecule has 0 radical (unpaired) electrons. The third-order valence-corrected chi connectivity index (χ3v) is 3.73. The lowest BCUT2D eigenvalue weighted by Crippen LogP contribution is -2.08. The van der Waals surface area contributed by atoms with Crippen molar-refractivity contribution in [3.8, 4) is 11.5 Å². The summed E-state index contributed by atoms with van der Waals surface area (Å²) in [5, 5.41) is 0. The van der Waals surface area contributed by atoms with Gasteiger partial charge >= 0.3 is 11.9 Å². The number of hydrogen-bond donors (Lipinski definition) is 0. The first-order valence-electron chi connectivity index (χ1n) is 7.95. The second-order valence-corrected chi connectivity index (χ2v) is 5.56. The van der Waals surface area contributed by atoms with Gasteiger partial charge in [-0.1, -0.05) is 30.3 Å². The van der Waals surface area contributed by atoms with Gasteiger partial charge in [0.25, 0.3) is 0 Å². The van der Waals surface area contributed by atoms with Crippen LogP contribution in [0.25, 0.3) is 11.5 Å². The Labute approximate surface area is 150 Å². The maximum atomic E-state index is 12.3. The van der Waals surface area contributed by atoms with Crippen molar-refractivity contribution < 1.29 is 23.5 Å². The fourth-order valence-electron chi connectivity index (χ4n) is 2.41. The molecule has 0 aliphatic heterocycles. The zero-order valence-electron chi connectivity index (χ0n) is 14.4. The number of aryl methyl sites for hydroxylation is 1. The van der Waals surface area contributed by atoms with Gasteiger partial charge in [0, 0.05) is 5.56 Å². The summed E-state index contributed by atoms with van der Waals surface area (Å²) < 4.78 is 15.5. The molecule has 6 heteroatoms. The zero-order valence-corrected chi connectivity index (χ0v) is 14.4. The number of aromatic nitrogens is 1. The van der Waals surface area contributed by atoms with Crippen molar-refractivity contribution in [3.63, 3.8) is 0 Å². The number of hydrogen-bond acceptors (Lipinski definition) is 6. The minimum Gasteiger partial charge on any atom is -0.465 e. The van der Waals surface area contributed by atoms with Gasteiger partial charge in [-0.3, -0.25) is 0 Å². The summed E-state index contributed by atoms with van der Waals surface area (Å²) in [6, 6.07) is 16.0. The van der Waals surface area contributed by atoms with Crippen molar-refractivity contribution in [2.45, 2.75) is 13.5 Å². The smallest absolute Gasteiger partial charge is 0.360 e. The van der Waals surface area contributed by atoms with Gasteiger partial charge in [-0.25, -0.2) is 14.6 Å². The van der Waals surface area contributed by atoms with Crippen molar-refractivity contribution in [2.24, 2.45) is 0 Å². The molecule has 0 aliphatic rings. The molecule has 1 heterocycles. The summed E-state index contributed by atoms with van der Waals surface area (Å²) in [6.07, 6.45) is 0. The first-order valence-corrected chi connectivity index (χ1v) is 7.95. The Kier molecular flexibility index (Phi) is 5.12. The number of ether oxygens (including phenoxy) is 2. The quantitative estimate of drug-likeness (QED) is 0.651. The highest BCUT2D eigenvalue weighted by Gasteiger charge is 2.19. The number of nitrogens with zero attached hydrogens (tertiary/aromatic N) is 1. The molecule has 3 rings (SSSR count). The predicted octanol–water partition coefficient (Wildman–Crippen LogP) is 3.79. The lowest BCUT2D eigenvalue weighted by Gasteiger charge is -2.05. The van der Waals surface area contributed by atoms with E-state index in [9.17, 15) is 9.59 Å². The van der Waals surface area contributed by atoms with Crippen molar-refractivity contribution in [3.05, 3.63) is 77.2 Å². The molecule has 132 valence electrons. The Hall–Kier alpha value is -3.41. The van der Waals surface area contributed by atoms with Crippen LogP contribution in [0.4, 0.5) is 0 Å². The van der Waals surface area contributed by atoms with Crippen LogP contribution in [-0.4, -0.2) is 24.0 Å². The predicted molar refractivity (Wildman–Crippen MR) is 93.6 cm³/mol. The van der Waals surface area contributed by atoms with Crippen LogP contribution in [0, 0.1) is 6.92 Å². The van der Waals surface area contributed by atoms with Crippen molar-refractivity contribution in [1.29, 1.82) is 0 Å². The van der Waals surface area contributed by atoms with Gasteiger partial charge in [0.1, 0.15) is 12.4 Å².